The number of hydrogen-bond donors (Lipinski definition) is 1. The Hall–Kier alpha value is -1.55. The second-order valence-electron chi connectivity index (χ2n) is 5.57. The van der Waals surface area contributed by atoms with Gasteiger partial charge in [-0.3, -0.25) is 4.79 Å². The minimum absolute atomic E-state index is 0.0946. The van der Waals surface area contributed by atoms with Crippen LogP contribution in [0.1, 0.15) is 17.2 Å². The zero-order chi connectivity index (χ0) is 16.8. The van der Waals surface area contributed by atoms with E-state index in [0.717, 1.165) is 5.56 Å². The first-order chi connectivity index (χ1) is 11.0. The van der Waals surface area contributed by atoms with Gasteiger partial charge in [0.25, 0.3) is 0 Å². The molecule has 3 nitrogen and oxygen atoms in total. The van der Waals surface area contributed by atoms with E-state index in [1.165, 1.54) is 0 Å². The lowest BCUT2D eigenvalue weighted by Crippen LogP contribution is -2.35. The van der Waals surface area contributed by atoms with E-state index in [2.05, 4.69) is 22.3 Å². The number of likely N-dealkylation sites (N-methyl/N-ethyl adjacent to an activating group) is 1. The highest BCUT2D eigenvalue weighted by Gasteiger charge is 2.16. The van der Waals surface area contributed by atoms with Crippen molar-refractivity contribution in [2.45, 2.75) is 12.5 Å². The summed E-state index contributed by atoms with van der Waals surface area (Å²) < 4.78 is 0. The molecule has 122 valence electrons. The fourth-order valence-electron chi connectivity index (χ4n) is 2.41. The smallest absolute Gasteiger partial charge is 0.224 e. The predicted molar refractivity (Wildman–Crippen MR) is 96.0 cm³/mol. The van der Waals surface area contributed by atoms with Gasteiger partial charge in [0.2, 0.25) is 5.91 Å². The van der Waals surface area contributed by atoms with E-state index in [9.17, 15) is 4.79 Å². The van der Waals surface area contributed by atoms with E-state index < -0.39 is 0 Å². The third-order valence-corrected chi connectivity index (χ3v) is 4.41. The molecule has 2 rings (SSSR count). The van der Waals surface area contributed by atoms with Gasteiger partial charge in [-0.15, -0.1) is 0 Å². The molecular formula is C18H20Cl2N2O. The average Bonchev–Trinajstić information content (AvgIpc) is 2.52. The molecule has 0 aliphatic rings. The summed E-state index contributed by atoms with van der Waals surface area (Å²) in [6.07, 6.45) is 0.174. The number of nitrogens with one attached hydrogen (secondary N) is 1. The lowest BCUT2D eigenvalue weighted by Gasteiger charge is -2.25. The molecule has 0 fully saturated rings. The quantitative estimate of drug-likeness (QED) is 0.855. The molecule has 2 aromatic rings. The van der Waals surface area contributed by atoms with Crippen LogP contribution in [-0.2, 0) is 11.2 Å². The van der Waals surface area contributed by atoms with Gasteiger partial charge in [-0.25, -0.2) is 0 Å². The molecule has 5 heteroatoms. The predicted octanol–water partition coefficient (Wildman–Crippen LogP) is 3.96. The molecule has 0 spiro atoms. The van der Waals surface area contributed by atoms with Crippen molar-refractivity contribution < 1.29 is 4.79 Å². The molecule has 0 heterocycles. The van der Waals surface area contributed by atoms with Gasteiger partial charge in [0.05, 0.1) is 12.5 Å². The molecule has 0 radical (unpaired) electrons. The summed E-state index contributed by atoms with van der Waals surface area (Å²) in [6.45, 7) is 0.526. The molecule has 0 bridgehead atoms. The number of carbonyl (C=O) groups is 1. The Morgan fingerprint density at radius 2 is 1.65 bits per heavy atom. The van der Waals surface area contributed by atoms with Crippen molar-refractivity contribution in [3.63, 3.8) is 0 Å². The number of halogens is 2. The first-order valence-electron chi connectivity index (χ1n) is 7.40. The Morgan fingerprint density at radius 3 is 2.22 bits per heavy atom. The SMILES string of the molecule is CN(C)[C@H](CNC(=O)Cc1c(Cl)cccc1Cl)c1ccccc1. The molecular weight excluding hydrogens is 331 g/mol. The third kappa shape index (κ3) is 4.96. The summed E-state index contributed by atoms with van der Waals surface area (Å²) in [5.74, 6) is -0.0946. The molecule has 2 aromatic carbocycles. The fraction of sp³-hybridized carbons (Fsp3) is 0.278. The topological polar surface area (TPSA) is 32.3 Å². The lowest BCUT2D eigenvalue weighted by atomic mass is 10.1. The van der Waals surface area contributed by atoms with Crippen LogP contribution in [-0.4, -0.2) is 31.4 Å². The highest BCUT2D eigenvalue weighted by molar-refractivity contribution is 6.36. The van der Waals surface area contributed by atoms with Crippen LogP contribution in [0.3, 0.4) is 0 Å². The Kier molecular flexibility index (Phi) is 6.46. The maximum Gasteiger partial charge on any atom is 0.224 e. The summed E-state index contributed by atoms with van der Waals surface area (Å²) in [6, 6.07) is 15.4. The van der Waals surface area contributed by atoms with E-state index >= 15 is 0 Å². The Morgan fingerprint density at radius 1 is 1.04 bits per heavy atom. The van der Waals surface area contributed by atoms with Gasteiger partial charge < -0.3 is 10.2 Å². The Bertz CT molecular complexity index is 639. The van der Waals surface area contributed by atoms with Crippen LogP contribution in [0.2, 0.25) is 10.0 Å². The normalized spacial score (nSPS) is 12.2. The van der Waals surface area contributed by atoms with E-state index in [1.54, 1.807) is 18.2 Å². The highest BCUT2D eigenvalue weighted by atomic mass is 35.5. The van der Waals surface area contributed by atoms with Gasteiger partial charge in [-0.1, -0.05) is 59.6 Å². The number of amides is 1. The van der Waals surface area contributed by atoms with Gasteiger partial charge in [0.15, 0.2) is 0 Å². The van der Waals surface area contributed by atoms with Crippen molar-refractivity contribution in [2.75, 3.05) is 20.6 Å². The standard InChI is InChI=1S/C18H20Cl2N2O/c1-22(2)17(13-7-4-3-5-8-13)12-21-18(23)11-14-15(19)9-6-10-16(14)20/h3-10,17H,11-12H2,1-2H3,(H,21,23)/t17-/m1/s1. The van der Waals surface area contributed by atoms with Crippen molar-refractivity contribution in [2.24, 2.45) is 0 Å². The molecule has 1 atom stereocenters. The van der Waals surface area contributed by atoms with Gasteiger partial charge in [0.1, 0.15) is 0 Å². The van der Waals surface area contributed by atoms with E-state index in [4.69, 9.17) is 23.2 Å². The van der Waals surface area contributed by atoms with Gasteiger partial charge in [0, 0.05) is 16.6 Å². The lowest BCUT2D eigenvalue weighted by molar-refractivity contribution is -0.120. The maximum absolute atomic E-state index is 12.2. The van der Waals surface area contributed by atoms with Crippen LogP contribution >= 0.6 is 23.2 Å². The summed E-state index contributed by atoms with van der Waals surface area (Å²) in [4.78, 5) is 14.3. The second-order valence-corrected chi connectivity index (χ2v) is 6.39. The van der Waals surface area contributed by atoms with Gasteiger partial charge in [-0.2, -0.15) is 0 Å². The van der Waals surface area contributed by atoms with Crippen molar-refractivity contribution in [1.29, 1.82) is 0 Å². The van der Waals surface area contributed by atoms with Crippen molar-refractivity contribution in [3.8, 4) is 0 Å². The van der Waals surface area contributed by atoms with Crippen LogP contribution in [0, 0.1) is 0 Å². The first kappa shape index (κ1) is 17.8. The Labute approximate surface area is 147 Å². The minimum Gasteiger partial charge on any atom is -0.354 e. The van der Waals surface area contributed by atoms with E-state index in [0.29, 0.717) is 22.2 Å². The number of benzene rings is 2. The monoisotopic (exact) mass is 350 g/mol. The zero-order valence-corrected chi connectivity index (χ0v) is 14.7. The summed E-state index contributed by atoms with van der Waals surface area (Å²) in [5.41, 5.74) is 1.82. The summed E-state index contributed by atoms with van der Waals surface area (Å²) in [7, 11) is 3.99. The summed E-state index contributed by atoms with van der Waals surface area (Å²) >= 11 is 12.2. The molecule has 0 aromatic heterocycles. The molecule has 0 saturated heterocycles. The molecule has 0 unspecified atom stereocenters. The van der Waals surface area contributed by atoms with Gasteiger partial charge >= 0.3 is 0 Å². The van der Waals surface area contributed by atoms with E-state index in [-0.39, 0.29) is 18.4 Å². The molecule has 0 aliphatic carbocycles. The maximum atomic E-state index is 12.2. The average molecular weight is 351 g/mol. The first-order valence-corrected chi connectivity index (χ1v) is 8.15. The van der Waals surface area contributed by atoms with Crippen LogP contribution < -0.4 is 5.32 Å². The molecule has 0 saturated carbocycles. The van der Waals surface area contributed by atoms with Crippen LogP contribution in [0.15, 0.2) is 48.5 Å². The molecule has 23 heavy (non-hydrogen) atoms. The van der Waals surface area contributed by atoms with Crippen molar-refractivity contribution >= 4 is 29.1 Å². The number of rotatable bonds is 6. The van der Waals surface area contributed by atoms with E-state index in [1.807, 2.05) is 32.3 Å². The summed E-state index contributed by atoms with van der Waals surface area (Å²) in [5, 5.41) is 4.00. The second kappa shape index (κ2) is 8.34. The van der Waals surface area contributed by atoms with Gasteiger partial charge in [-0.05, 0) is 37.4 Å². The molecule has 1 amide bonds. The zero-order valence-electron chi connectivity index (χ0n) is 13.2. The number of hydrogen-bond acceptors (Lipinski definition) is 2. The van der Waals surface area contributed by atoms with Crippen molar-refractivity contribution in [3.05, 3.63) is 69.7 Å². The fourth-order valence-corrected chi connectivity index (χ4v) is 2.94. The van der Waals surface area contributed by atoms with Crippen LogP contribution in [0.4, 0.5) is 0 Å². The minimum atomic E-state index is -0.0946. The molecule has 0 aliphatic heterocycles. The Balaban J connectivity index is 2.00. The largest absolute Gasteiger partial charge is 0.354 e. The molecule has 1 N–H and O–H groups in total. The van der Waals surface area contributed by atoms with Crippen molar-refractivity contribution in [1.82, 2.24) is 10.2 Å². The highest BCUT2D eigenvalue weighted by Crippen LogP contribution is 2.24. The number of nitrogens with zero attached hydrogens (tertiary/aromatic N) is 1. The third-order valence-electron chi connectivity index (χ3n) is 3.70. The van der Waals surface area contributed by atoms with Crippen LogP contribution in [0.5, 0.6) is 0 Å². The number of carbonyl (C=O) groups excluding carboxylic acids is 1. The van der Waals surface area contributed by atoms with Crippen LogP contribution in [0.25, 0.3) is 0 Å².